The number of nitrogens with one attached hydrogen (secondary N) is 1. The molecule has 0 aliphatic carbocycles. The van der Waals surface area contributed by atoms with Crippen molar-refractivity contribution < 1.29 is 4.79 Å². The van der Waals surface area contributed by atoms with Crippen LogP contribution in [0, 0.1) is 6.92 Å². The van der Waals surface area contributed by atoms with E-state index in [1.165, 1.54) is 19.3 Å². The van der Waals surface area contributed by atoms with Gasteiger partial charge in [-0.3, -0.25) is 4.79 Å². The Morgan fingerprint density at radius 3 is 2.75 bits per heavy atom. The summed E-state index contributed by atoms with van der Waals surface area (Å²) in [7, 11) is 2.06. The van der Waals surface area contributed by atoms with Crippen LogP contribution in [0.5, 0.6) is 0 Å². The summed E-state index contributed by atoms with van der Waals surface area (Å²) in [6.07, 6.45) is 4.18. The number of carbonyl (C=O) groups is 1. The van der Waals surface area contributed by atoms with E-state index in [1.807, 2.05) is 25.1 Å². The van der Waals surface area contributed by atoms with Crippen LogP contribution in [0.15, 0.2) is 18.2 Å². The fourth-order valence-electron chi connectivity index (χ4n) is 2.04. The van der Waals surface area contributed by atoms with Crippen LogP contribution in [0.2, 0.25) is 0 Å². The number of nitrogens with two attached hydrogens (primary N) is 1. The van der Waals surface area contributed by atoms with Gasteiger partial charge in [-0.05, 0) is 44.6 Å². The number of nitrogen functional groups attached to an aromatic ring is 1. The second-order valence-electron chi connectivity index (χ2n) is 5.33. The second kappa shape index (κ2) is 8.59. The minimum Gasteiger partial charge on any atom is -0.398 e. The summed E-state index contributed by atoms with van der Waals surface area (Å²) in [5, 5.41) is 2.93. The van der Waals surface area contributed by atoms with E-state index in [2.05, 4.69) is 24.2 Å². The maximum atomic E-state index is 11.9. The fraction of sp³-hybridized carbons (Fsp3) is 0.562. The van der Waals surface area contributed by atoms with E-state index in [0.29, 0.717) is 12.1 Å². The Balaban J connectivity index is 2.35. The smallest absolute Gasteiger partial charge is 0.225 e. The van der Waals surface area contributed by atoms with Gasteiger partial charge in [0.1, 0.15) is 0 Å². The molecule has 1 amide bonds. The van der Waals surface area contributed by atoms with Gasteiger partial charge in [-0.2, -0.15) is 0 Å². The largest absolute Gasteiger partial charge is 0.398 e. The van der Waals surface area contributed by atoms with E-state index in [4.69, 9.17) is 5.73 Å². The molecule has 112 valence electrons. The third-order valence-electron chi connectivity index (χ3n) is 3.51. The highest BCUT2D eigenvalue weighted by molar-refractivity contribution is 5.92. The van der Waals surface area contributed by atoms with Crippen molar-refractivity contribution in [3.05, 3.63) is 23.8 Å². The van der Waals surface area contributed by atoms with E-state index >= 15 is 0 Å². The molecule has 0 aromatic heterocycles. The van der Waals surface area contributed by atoms with Gasteiger partial charge in [-0.1, -0.05) is 25.8 Å². The van der Waals surface area contributed by atoms with Crippen molar-refractivity contribution >= 4 is 17.3 Å². The molecule has 0 atom stereocenters. The molecule has 1 rings (SSSR count). The zero-order chi connectivity index (χ0) is 15.0. The molecule has 4 heteroatoms. The number of hydrogen-bond acceptors (Lipinski definition) is 3. The average molecular weight is 277 g/mol. The molecule has 0 unspecified atom stereocenters. The van der Waals surface area contributed by atoms with Crippen molar-refractivity contribution in [3.63, 3.8) is 0 Å². The number of hydrogen-bond donors (Lipinski definition) is 2. The molecule has 4 nitrogen and oxygen atoms in total. The van der Waals surface area contributed by atoms with Crippen molar-refractivity contribution in [2.45, 2.75) is 39.5 Å². The number of unbranched alkanes of at least 4 members (excludes halogenated alkanes) is 2. The Labute approximate surface area is 122 Å². The fourth-order valence-corrected chi connectivity index (χ4v) is 2.04. The number of anilines is 2. The third-order valence-corrected chi connectivity index (χ3v) is 3.51. The van der Waals surface area contributed by atoms with Crippen LogP contribution in [0.25, 0.3) is 0 Å². The average Bonchev–Trinajstić information content (AvgIpc) is 2.42. The maximum absolute atomic E-state index is 11.9. The molecule has 0 saturated carbocycles. The van der Waals surface area contributed by atoms with Gasteiger partial charge in [0.05, 0.1) is 0 Å². The van der Waals surface area contributed by atoms with Gasteiger partial charge in [0.25, 0.3) is 0 Å². The molecule has 0 radical (unpaired) electrons. The number of rotatable bonds is 8. The number of benzene rings is 1. The van der Waals surface area contributed by atoms with Gasteiger partial charge in [0.2, 0.25) is 5.91 Å². The summed E-state index contributed by atoms with van der Waals surface area (Å²) in [6.45, 7) is 5.96. The molecule has 0 spiro atoms. The molecule has 0 aliphatic heterocycles. The predicted octanol–water partition coefficient (Wildman–Crippen LogP) is 3.03. The normalized spacial score (nSPS) is 10.8. The molecule has 0 heterocycles. The second-order valence-corrected chi connectivity index (χ2v) is 5.33. The standard InChI is InChI=1S/C16H27N3O/c1-4-5-6-11-19(3)12-10-16(20)18-15-9-7-8-14(17)13(15)2/h7-9H,4-6,10-12,17H2,1-3H3,(H,18,20). The van der Waals surface area contributed by atoms with E-state index in [0.717, 1.165) is 24.3 Å². The first-order valence-electron chi connectivity index (χ1n) is 7.38. The number of nitrogens with zero attached hydrogens (tertiary/aromatic N) is 1. The Bertz CT molecular complexity index is 432. The molecule has 0 aliphatic rings. The first-order chi connectivity index (χ1) is 9.54. The number of carbonyl (C=O) groups excluding carboxylic acids is 1. The maximum Gasteiger partial charge on any atom is 0.225 e. The molecular formula is C16H27N3O. The highest BCUT2D eigenvalue weighted by atomic mass is 16.1. The summed E-state index contributed by atoms with van der Waals surface area (Å²) in [5.41, 5.74) is 8.27. The van der Waals surface area contributed by atoms with Gasteiger partial charge >= 0.3 is 0 Å². The zero-order valence-electron chi connectivity index (χ0n) is 12.9. The molecule has 20 heavy (non-hydrogen) atoms. The molecule has 1 aromatic rings. The van der Waals surface area contributed by atoms with E-state index in [-0.39, 0.29) is 5.91 Å². The van der Waals surface area contributed by atoms with Crippen LogP contribution in [0.3, 0.4) is 0 Å². The molecule has 0 saturated heterocycles. The van der Waals surface area contributed by atoms with E-state index < -0.39 is 0 Å². The van der Waals surface area contributed by atoms with E-state index in [9.17, 15) is 4.79 Å². The van der Waals surface area contributed by atoms with Gasteiger partial charge in [-0.25, -0.2) is 0 Å². The van der Waals surface area contributed by atoms with Crippen LogP contribution in [-0.2, 0) is 4.79 Å². The van der Waals surface area contributed by atoms with Gasteiger partial charge in [0.15, 0.2) is 0 Å². The lowest BCUT2D eigenvalue weighted by atomic mass is 10.1. The van der Waals surface area contributed by atoms with Gasteiger partial charge in [-0.15, -0.1) is 0 Å². The monoisotopic (exact) mass is 277 g/mol. The number of amides is 1. The molecule has 0 bridgehead atoms. The summed E-state index contributed by atoms with van der Waals surface area (Å²) in [6, 6.07) is 5.58. The van der Waals surface area contributed by atoms with Gasteiger partial charge < -0.3 is 16.0 Å². The molecule has 3 N–H and O–H groups in total. The Morgan fingerprint density at radius 1 is 1.30 bits per heavy atom. The van der Waals surface area contributed by atoms with Crippen molar-refractivity contribution in [1.82, 2.24) is 4.90 Å². The summed E-state index contributed by atoms with van der Waals surface area (Å²) in [4.78, 5) is 14.1. The molecule has 0 fully saturated rings. The van der Waals surface area contributed by atoms with Crippen LogP contribution in [0.1, 0.15) is 38.2 Å². The van der Waals surface area contributed by atoms with Crippen molar-refractivity contribution in [2.75, 3.05) is 31.2 Å². The minimum absolute atomic E-state index is 0.0426. The minimum atomic E-state index is 0.0426. The Kier molecular flexibility index (Phi) is 7.09. The highest BCUT2D eigenvalue weighted by Crippen LogP contribution is 2.20. The molecule has 1 aromatic carbocycles. The van der Waals surface area contributed by atoms with Crippen LogP contribution in [0.4, 0.5) is 11.4 Å². The van der Waals surface area contributed by atoms with Crippen LogP contribution < -0.4 is 11.1 Å². The summed E-state index contributed by atoms with van der Waals surface area (Å²) < 4.78 is 0. The topological polar surface area (TPSA) is 58.4 Å². The lowest BCUT2D eigenvalue weighted by Gasteiger charge is -2.16. The van der Waals surface area contributed by atoms with E-state index in [1.54, 1.807) is 0 Å². The van der Waals surface area contributed by atoms with Gasteiger partial charge in [0, 0.05) is 24.3 Å². The summed E-state index contributed by atoms with van der Waals surface area (Å²) >= 11 is 0. The van der Waals surface area contributed by atoms with Crippen molar-refractivity contribution in [1.29, 1.82) is 0 Å². The van der Waals surface area contributed by atoms with Crippen LogP contribution in [-0.4, -0.2) is 30.9 Å². The Morgan fingerprint density at radius 2 is 2.05 bits per heavy atom. The lowest BCUT2D eigenvalue weighted by Crippen LogP contribution is -2.25. The first-order valence-corrected chi connectivity index (χ1v) is 7.38. The Hall–Kier alpha value is -1.55. The van der Waals surface area contributed by atoms with Crippen molar-refractivity contribution in [2.24, 2.45) is 0 Å². The third kappa shape index (κ3) is 5.61. The summed E-state index contributed by atoms with van der Waals surface area (Å²) in [5.74, 6) is 0.0426. The zero-order valence-corrected chi connectivity index (χ0v) is 12.9. The lowest BCUT2D eigenvalue weighted by molar-refractivity contribution is -0.116. The van der Waals surface area contributed by atoms with Crippen LogP contribution >= 0.6 is 0 Å². The first kappa shape index (κ1) is 16.5. The predicted molar refractivity (Wildman–Crippen MR) is 85.9 cm³/mol. The SMILES string of the molecule is CCCCCN(C)CCC(=O)Nc1cccc(N)c1C. The quantitative estimate of drug-likeness (QED) is 0.567. The molecular weight excluding hydrogens is 250 g/mol. The highest BCUT2D eigenvalue weighted by Gasteiger charge is 2.07. The van der Waals surface area contributed by atoms with Crippen molar-refractivity contribution in [3.8, 4) is 0 Å².